The number of carbonyl (C=O) groups is 1. The van der Waals surface area contributed by atoms with Crippen molar-refractivity contribution in [3.05, 3.63) is 40.5 Å². The predicted octanol–water partition coefficient (Wildman–Crippen LogP) is 5.22. The van der Waals surface area contributed by atoms with Crippen molar-refractivity contribution in [2.75, 3.05) is 0 Å². The van der Waals surface area contributed by atoms with Crippen LogP contribution in [0.15, 0.2) is 25.8 Å². The van der Waals surface area contributed by atoms with E-state index in [9.17, 15) is 4.79 Å². The van der Waals surface area contributed by atoms with Gasteiger partial charge in [0, 0.05) is 15.4 Å². The van der Waals surface area contributed by atoms with Gasteiger partial charge in [0.25, 0.3) is 0 Å². The molecule has 0 spiro atoms. The van der Waals surface area contributed by atoms with E-state index in [0.717, 1.165) is 8.26 Å². The Morgan fingerprint density at radius 3 is 2.53 bits per heavy atom. The van der Waals surface area contributed by atoms with Gasteiger partial charge in [-0.05, 0) is 44.0 Å². The van der Waals surface area contributed by atoms with Gasteiger partial charge in [-0.25, -0.2) is 0 Å². The molecular weight excluding hydrogens is 383 g/mol. The quantitative estimate of drug-likeness (QED) is 0.647. The maximum atomic E-state index is 11.9. The van der Waals surface area contributed by atoms with Crippen LogP contribution in [0.5, 0.6) is 0 Å². The Labute approximate surface area is 116 Å². The van der Waals surface area contributed by atoms with Crippen LogP contribution in [0.3, 0.4) is 0 Å². The Morgan fingerprint density at radius 1 is 1.33 bits per heavy atom. The summed E-state index contributed by atoms with van der Waals surface area (Å²) in [5.74, 6) is 0.00884. The van der Waals surface area contributed by atoms with Crippen molar-refractivity contribution in [2.24, 2.45) is 0 Å². The molecule has 0 unspecified atom stereocenters. The Balaban J connectivity index is 2.36. The van der Waals surface area contributed by atoms with Gasteiger partial charge in [0.2, 0.25) is 5.78 Å². The summed E-state index contributed by atoms with van der Waals surface area (Å²) >= 11 is 15.3. The minimum atomic E-state index is 0.00884. The van der Waals surface area contributed by atoms with Crippen LogP contribution in [0.25, 0.3) is 0 Å². The van der Waals surface area contributed by atoms with E-state index in [1.165, 1.54) is 22.7 Å². The predicted molar refractivity (Wildman–Crippen MR) is 72.5 cm³/mol. The SMILES string of the molecule is O=C(c1csc(Cl)c1)c1cc(Br)c(Br)s1. The molecule has 0 saturated heterocycles. The lowest BCUT2D eigenvalue weighted by atomic mass is 10.2. The second-order valence-corrected chi connectivity index (χ2v) is 7.47. The van der Waals surface area contributed by atoms with Gasteiger partial charge in [-0.3, -0.25) is 4.79 Å². The maximum absolute atomic E-state index is 11.9. The molecule has 0 aromatic carbocycles. The zero-order valence-corrected chi connectivity index (χ0v) is 12.7. The van der Waals surface area contributed by atoms with Crippen molar-refractivity contribution in [3.8, 4) is 0 Å². The van der Waals surface area contributed by atoms with E-state index in [0.29, 0.717) is 14.8 Å². The summed E-state index contributed by atoms with van der Waals surface area (Å²) in [6, 6.07) is 3.50. The van der Waals surface area contributed by atoms with Crippen LogP contribution in [0.4, 0.5) is 0 Å². The van der Waals surface area contributed by atoms with Crippen LogP contribution in [0.1, 0.15) is 15.2 Å². The first-order valence-corrected chi connectivity index (χ1v) is 7.47. The third kappa shape index (κ3) is 2.53. The smallest absolute Gasteiger partial charge is 0.203 e. The molecule has 2 rings (SSSR count). The first kappa shape index (κ1) is 11.8. The second kappa shape index (κ2) is 4.67. The molecule has 2 aromatic heterocycles. The average molecular weight is 387 g/mol. The average Bonchev–Trinajstić information content (AvgIpc) is 2.74. The third-order valence-electron chi connectivity index (χ3n) is 1.70. The first-order valence-electron chi connectivity index (χ1n) is 3.81. The molecule has 0 aliphatic carbocycles. The Hall–Kier alpha value is 0.320. The van der Waals surface area contributed by atoms with Crippen molar-refractivity contribution in [1.82, 2.24) is 0 Å². The van der Waals surface area contributed by atoms with Crippen LogP contribution in [-0.2, 0) is 0 Å². The van der Waals surface area contributed by atoms with Gasteiger partial charge in [0.15, 0.2) is 0 Å². The van der Waals surface area contributed by atoms with Crippen molar-refractivity contribution in [2.45, 2.75) is 0 Å². The van der Waals surface area contributed by atoms with Crippen molar-refractivity contribution in [3.63, 3.8) is 0 Å². The number of ketones is 1. The Morgan fingerprint density at radius 2 is 2.07 bits per heavy atom. The van der Waals surface area contributed by atoms with E-state index < -0.39 is 0 Å². The Bertz CT molecular complexity index is 498. The van der Waals surface area contributed by atoms with Gasteiger partial charge in [-0.15, -0.1) is 22.7 Å². The van der Waals surface area contributed by atoms with Crippen LogP contribution in [0.2, 0.25) is 4.34 Å². The fourth-order valence-electron chi connectivity index (χ4n) is 1.03. The van der Waals surface area contributed by atoms with Gasteiger partial charge >= 0.3 is 0 Å². The molecule has 0 saturated carbocycles. The number of hydrogen-bond acceptors (Lipinski definition) is 3. The number of thiophene rings is 2. The van der Waals surface area contributed by atoms with E-state index in [1.54, 1.807) is 11.4 Å². The zero-order valence-electron chi connectivity index (χ0n) is 7.09. The fraction of sp³-hybridized carbons (Fsp3) is 0. The highest BCUT2D eigenvalue weighted by Gasteiger charge is 2.15. The van der Waals surface area contributed by atoms with E-state index in [4.69, 9.17) is 11.6 Å². The lowest BCUT2D eigenvalue weighted by Gasteiger charge is -1.90. The minimum absolute atomic E-state index is 0.00884. The van der Waals surface area contributed by atoms with E-state index in [1.807, 2.05) is 6.07 Å². The van der Waals surface area contributed by atoms with Gasteiger partial charge < -0.3 is 0 Å². The molecule has 2 heterocycles. The topological polar surface area (TPSA) is 17.1 Å². The molecule has 6 heteroatoms. The van der Waals surface area contributed by atoms with Crippen molar-refractivity contribution >= 4 is 71.9 Å². The molecule has 0 aliphatic heterocycles. The van der Waals surface area contributed by atoms with Crippen molar-refractivity contribution in [1.29, 1.82) is 0 Å². The third-order valence-corrected chi connectivity index (χ3v) is 6.04. The maximum Gasteiger partial charge on any atom is 0.203 e. The number of hydrogen-bond donors (Lipinski definition) is 0. The molecule has 0 aliphatic rings. The van der Waals surface area contributed by atoms with E-state index >= 15 is 0 Å². The van der Waals surface area contributed by atoms with Crippen molar-refractivity contribution < 1.29 is 4.79 Å². The minimum Gasteiger partial charge on any atom is -0.288 e. The number of rotatable bonds is 2. The highest BCUT2D eigenvalue weighted by molar-refractivity contribution is 9.13. The molecule has 2 aromatic rings. The molecular formula is C9H3Br2ClOS2. The van der Waals surface area contributed by atoms with Gasteiger partial charge in [0.1, 0.15) is 0 Å². The Kier molecular flexibility index (Phi) is 3.67. The zero-order chi connectivity index (χ0) is 11.0. The van der Waals surface area contributed by atoms with E-state index in [-0.39, 0.29) is 5.78 Å². The number of carbonyl (C=O) groups excluding carboxylic acids is 1. The molecule has 0 fully saturated rings. The highest BCUT2D eigenvalue weighted by Crippen LogP contribution is 2.34. The van der Waals surface area contributed by atoms with Gasteiger partial charge in [-0.1, -0.05) is 11.6 Å². The summed E-state index contributed by atoms with van der Waals surface area (Å²) in [4.78, 5) is 12.6. The molecule has 15 heavy (non-hydrogen) atoms. The molecule has 0 amide bonds. The van der Waals surface area contributed by atoms with Gasteiger partial charge in [0.05, 0.1) is 13.0 Å². The molecule has 0 radical (unpaired) electrons. The summed E-state index contributed by atoms with van der Waals surface area (Å²) < 4.78 is 2.46. The van der Waals surface area contributed by atoms with E-state index in [2.05, 4.69) is 31.9 Å². The summed E-state index contributed by atoms with van der Waals surface area (Å²) in [5.41, 5.74) is 0.645. The standard InChI is InChI=1S/C9H3Br2ClOS2/c10-5-2-6(15-9(5)11)8(13)4-1-7(12)14-3-4/h1-3H. The van der Waals surface area contributed by atoms with Crippen LogP contribution in [-0.4, -0.2) is 5.78 Å². The lowest BCUT2D eigenvalue weighted by molar-refractivity contribution is 0.104. The van der Waals surface area contributed by atoms with Gasteiger partial charge in [-0.2, -0.15) is 0 Å². The summed E-state index contributed by atoms with van der Waals surface area (Å²) in [6.07, 6.45) is 0. The highest BCUT2D eigenvalue weighted by atomic mass is 79.9. The second-order valence-electron chi connectivity index (χ2n) is 2.70. The summed E-state index contributed by atoms with van der Waals surface area (Å²) in [5, 5.41) is 1.77. The molecule has 78 valence electrons. The molecule has 0 atom stereocenters. The number of halogens is 3. The first-order chi connectivity index (χ1) is 7.08. The fourth-order valence-corrected chi connectivity index (χ4v) is 3.89. The van der Waals surface area contributed by atoms with Crippen LogP contribution >= 0.6 is 66.1 Å². The lowest BCUT2D eigenvalue weighted by Crippen LogP contribution is -1.95. The van der Waals surface area contributed by atoms with Crippen LogP contribution < -0.4 is 0 Å². The normalized spacial score (nSPS) is 10.6. The molecule has 1 nitrogen and oxygen atoms in total. The summed E-state index contributed by atoms with van der Waals surface area (Å²) in [7, 11) is 0. The largest absolute Gasteiger partial charge is 0.288 e. The molecule has 0 N–H and O–H groups in total. The summed E-state index contributed by atoms with van der Waals surface area (Å²) in [6.45, 7) is 0. The monoisotopic (exact) mass is 384 g/mol. The van der Waals surface area contributed by atoms with Crippen LogP contribution in [0, 0.1) is 0 Å². The molecule has 0 bridgehead atoms.